The highest BCUT2D eigenvalue weighted by atomic mass is 32.2. The van der Waals surface area contributed by atoms with Crippen molar-refractivity contribution in [3.05, 3.63) is 0 Å². The molecule has 1 N–H and O–H groups in total. The first-order valence-corrected chi connectivity index (χ1v) is 8.13. The van der Waals surface area contributed by atoms with Crippen LogP contribution in [0.1, 0.15) is 39.0 Å². The molecule has 0 bridgehead atoms. The number of carboxylic acid groups (broad SMARTS) is 1. The SMILES string of the molecule is CC(=O)SCC1CC(=O)N(C(C(=O)O)C2CCCC2)C1. The monoisotopic (exact) mass is 299 g/mol. The first-order chi connectivity index (χ1) is 9.49. The highest BCUT2D eigenvalue weighted by Gasteiger charge is 2.42. The van der Waals surface area contributed by atoms with Crippen molar-refractivity contribution in [1.82, 2.24) is 4.90 Å². The predicted octanol–water partition coefficient (Wildman–Crippen LogP) is 1.76. The molecule has 1 heterocycles. The maximum atomic E-state index is 12.1. The third-order valence-corrected chi connectivity index (χ3v) is 5.24. The lowest BCUT2D eigenvalue weighted by Gasteiger charge is -2.29. The fourth-order valence-corrected chi connectivity index (χ4v) is 3.98. The second kappa shape index (κ2) is 6.61. The lowest BCUT2D eigenvalue weighted by atomic mass is 9.97. The average molecular weight is 299 g/mol. The third-order valence-electron chi connectivity index (χ3n) is 4.20. The molecule has 20 heavy (non-hydrogen) atoms. The van der Waals surface area contributed by atoms with Crippen molar-refractivity contribution in [1.29, 1.82) is 0 Å². The quantitative estimate of drug-likeness (QED) is 0.837. The van der Waals surface area contributed by atoms with Crippen molar-refractivity contribution in [3.63, 3.8) is 0 Å². The fraction of sp³-hybridized carbons (Fsp3) is 0.786. The second-order valence-corrected chi connectivity index (χ2v) is 6.94. The molecule has 2 unspecified atom stereocenters. The zero-order chi connectivity index (χ0) is 14.7. The van der Waals surface area contributed by atoms with E-state index in [-0.39, 0.29) is 22.9 Å². The van der Waals surface area contributed by atoms with E-state index in [9.17, 15) is 19.5 Å². The van der Waals surface area contributed by atoms with Gasteiger partial charge in [0.1, 0.15) is 6.04 Å². The highest BCUT2D eigenvalue weighted by molar-refractivity contribution is 8.13. The molecule has 2 fully saturated rings. The molecule has 6 heteroatoms. The standard InChI is InChI=1S/C14H21NO4S/c1-9(16)20-8-10-6-12(17)15(7-10)13(14(18)19)11-4-2-3-5-11/h10-11,13H,2-8H2,1H3,(H,18,19). The molecule has 1 amide bonds. The van der Waals surface area contributed by atoms with Crippen molar-refractivity contribution in [2.24, 2.45) is 11.8 Å². The number of hydrogen-bond acceptors (Lipinski definition) is 4. The molecule has 0 aromatic rings. The summed E-state index contributed by atoms with van der Waals surface area (Å²) < 4.78 is 0. The van der Waals surface area contributed by atoms with E-state index in [1.807, 2.05) is 0 Å². The molecule has 0 spiro atoms. The summed E-state index contributed by atoms with van der Waals surface area (Å²) in [4.78, 5) is 36.2. The summed E-state index contributed by atoms with van der Waals surface area (Å²) in [6, 6.07) is -0.669. The number of carboxylic acids is 1. The predicted molar refractivity (Wildman–Crippen MR) is 76.3 cm³/mol. The van der Waals surface area contributed by atoms with Crippen LogP contribution in [-0.2, 0) is 14.4 Å². The highest BCUT2D eigenvalue weighted by Crippen LogP contribution is 2.34. The van der Waals surface area contributed by atoms with Crippen molar-refractivity contribution >= 4 is 28.8 Å². The van der Waals surface area contributed by atoms with Gasteiger partial charge in [-0.25, -0.2) is 4.79 Å². The second-order valence-electron chi connectivity index (χ2n) is 5.75. The van der Waals surface area contributed by atoms with Gasteiger partial charge in [0.15, 0.2) is 5.12 Å². The summed E-state index contributed by atoms with van der Waals surface area (Å²) in [5.74, 6) is -0.159. The molecule has 1 aliphatic heterocycles. The number of carbonyl (C=O) groups is 3. The Hall–Kier alpha value is -1.04. The van der Waals surface area contributed by atoms with E-state index in [1.54, 1.807) is 4.90 Å². The first-order valence-electron chi connectivity index (χ1n) is 7.14. The maximum Gasteiger partial charge on any atom is 0.326 e. The Morgan fingerprint density at radius 2 is 2.05 bits per heavy atom. The van der Waals surface area contributed by atoms with E-state index in [4.69, 9.17) is 0 Å². The number of amides is 1. The van der Waals surface area contributed by atoms with Gasteiger partial charge < -0.3 is 10.0 Å². The van der Waals surface area contributed by atoms with Gasteiger partial charge in [-0.3, -0.25) is 9.59 Å². The van der Waals surface area contributed by atoms with Crippen LogP contribution in [0.3, 0.4) is 0 Å². The molecule has 5 nitrogen and oxygen atoms in total. The van der Waals surface area contributed by atoms with Crippen molar-refractivity contribution < 1.29 is 19.5 Å². The van der Waals surface area contributed by atoms with E-state index in [2.05, 4.69) is 0 Å². The summed E-state index contributed by atoms with van der Waals surface area (Å²) in [7, 11) is 0. The van der Waals surface area contributed by atoms with Gasteiger partial charge in [-0.1, -0.05) is 24.6 Å². The van der Waals surface area contributed by atoms with Crippen LogP contribution < -0.4 is 0 Å². The van der Waals surface area contributed by atoms with Crippen LogP contribution in [0, 0.1) is 11.8 Å². The average Bonchev–Trinajstić information content (AvgIpc) is 2.98. The summed E-state index contributed by atoms with van der Waals surface area (Å²) >= 11 is 1.22. The molecular weight excluding hydrogens is 278 g/mol. The zero-order valence-corrected chi connectivity index (χ0v) is 12.5. The molecule has 2 aliphatic rings. The Balaban J connectivity index is 2.00. The maximum absolute atomic E-state index is 12.1. The Morgan fingerprint density at radius 1 is 1.40 bits per heavy atom. The van der Waals surface area contributed by atoms with E-state index in [0.29, 0.717) is 18.7 Å². The van der Waals surface area contributed by atoms with Crippen LogP contribution in [-0.4, -0.2) is 45.3 Å². The van der Waals surface area contributed by atoms with Crippen molar-refractivity contribution in [2.45, 2.75) is 45.1 Å². The number of hydrogen-bond donors (Lipinski definition) is 1. The summed E-state index contributed by atoms with van der Waals surface area (Å²) in [5.41, 5.74) is 0. The first kappa shape index (κ1) is 15.4. The molecule has 1 aliphatic carbocycles. The van der Waals surface area contributed by atoms with Crippen LogP contribution in [0.5, 0.6) is 0 Å². The zero-order valence-electron chi connectivity index (χ0n) is 11.7. The van der Waals surface area contributed by atoms with Crippen LogP contribution in [0.15, 0.2) is 0 Å². The number of nitrogens with zero attached hydrogens (tertiary/aromatic N) is 1. The van der Waals surface area contributed by atoms with E-state index >= 15 is 0 Å². The van der Waals surface area contributed by atoms with Crippen LogP contribution in [0.2, 0.25) is 0 Å². The number of thioether (sulfide) groups is 1. The van der Waals surface area contributed by atoms with Gasteiger partial charge in [0.25, 0.3) is 0 Å². The van der Waals surface area contributed by atoms with Gasteiger partial charge in [0, 0.05) is 25.6 Å². The third kappa shape index (κ3) is 3.53. The minimum atomic E-state index is -0.884. The lowest BCUT2D eigenvalue weighted by molar-refractivity contribution is -0.150. The molecule has 0 aromatic heterocycles. The number of carbonyl (C=O) groups excluding carboxylic acids is 2. The normalized spacial score (nSPS) is 25.1. The summed E-state index contributed by atoms with van der Waals surface area (Å²) in [5, 5.41) is 9.51. The number of rotatable bonds is 5. The Labute approximate surface area is 123 Å². The smallest absolute Gasteiger partial charge is 0.326 e. The van der Waals surface area contributed by atoms with Gasteiger partial charge in [-0.05, 0) is 24.7 Å². The van der Waals surface area contributed by atoms with E-state index in [1.165, 1.54) is 18.7 Å². The molecule has 0 aromatic carbocycles. The van der Waals surface area contributed by atoms with Gasteiger partial charge in [-0.15, -0.1) is 0 Å². The van der Waals surface area contributed by atoms with E-state index < -0.39 is 12.0 Å². The molecule has 2 rings (SSSR count). The lowest BCUT2D eigenvalue weighted by Crippen LogP contribution is -2.46. The van der Waals surface area contributed by atoms with Crippen molar-refractivity contribution in [3.8, 4) is 0 Å². The summed E-state index contributed by atoms with van der Waals surface area (Å²) in [6.45, 7) is 1.99. The Kier molecular flexibility index (Phi) is 5.07. The van der Waals surface area contributed by atoms with Crippen LogP contribution in [0.25, 0.3) is 0 Å². The van der Waals surface area contributed by atoms with Crippen molar-refractivity contribution in [2.75, 3.05) is 12.3 Å². The molecular formula is C14H21NO4S. The molecule has 0 radical (unpaired) electrons. The van der Waals surface area contributed by atoms with Crippen LogP contribution >= 0.6 is 11.8 Å². The van der Waals surface area contributed by atoms with Gasteiger partial charge in [0.2, 0.25) is 5.91 Å². The fourth-order valence-electron chi connectivity index (χ4n) is 3.29. The minimum absolute atomic E-state index is 0.0430. The summed E-state index contributed by atoms with van der Waals surface area (Å²) in [6.07, 6.45) is 4.28. The minimum Gasteiger partial charge on any atom is -0.480 e. The number of likely N-dealkylation sites (tertiary alicyclic amines) is 1. The largest absolute Gasteiger partial charge is 0.480 e. The topological polar surface area (TPSA) is 74.7 Å². The Bertz CT molecular complexity index is 406. The molecule has 1 saturated carbocycles. The Morgan fingerprint density at radius 3 is 2.60 bits per heavy atom. The van der Waals surface area contributed by atoms with Crippen LogP contribution in [0.4, 0.5) is 0 Å². The molecule has 1 saturated heterocycles. The van der Waals surface area contributed by atoms with Gasteiger partial charge in [-0.2, -0.15) is 0 Å². The molecule has 112 valence electrons. The van der Waals surface area contributed by atoms with E-state index in [0.717, 1.165) is 25.7 Å². The van der Waals surface area contributed by atoms with Gasteiger partial charge in [0.05, 0.1) is 0 Å². The number of aliphatic carboxylic acids is 1. The molecule has 2 atom stereocenters. The van der Waals surface area contributed by atoms with Gasteiger partial charge >= 0.3 is 5.97 Å².